The molecule has 0 radical (unpaired) electrons. The second-order valence-electron chi connectivity index (χ2n) is 5.48. The molecule has 128 valence electrons. The van der Waals surface area contributed by atoms with Gasteiger partial charge in [0.1, 0.15) is 0 Å². The number of hydrogen-bond acceptors (Lipinski definition) is 8. The van der Waals surface area contributed by atoms with Crippen molar-refractivity contribution < 1.29 is 18.7 Å². The summed E-state index contributed by atoms with van der Waals surface area (Å²) >= 11 is 2.87. The van der Waals surface area contributed by atoms with Gasteiger partial charge in [0.05, 0.1) is 5.75 Å². The number of thiophene rings is 1. The van der Waals surface area contributed by atoms with Crippen molar-refractivity contribution in [2.45, 2.75) is 19.1 Å². The minimum Gasteiger partial charge on any atom is -0.454 e. The Kier molecular flexibility index (Phi) is 4.22. The highest BCUT2D eigenvalue weighted by Gasteiger charge is 2.18. The van der Waals surface area contributed by atoms with Crippen LogP contribution >= 0.6 is 23.1 Å². The molecule has 0 bridgehead atoms. The van der Waals surface area contributed by atoms with Crippen LogP contribution in [0.3, 0.4) is 0 Å². The molecule has 0 atom stereocenters. The first kappa shape index (κ1) is 16.2. The molecule has 1 aliphatic heterocycles. The van der Waals surface area contributed by atoms with Gasteiger partial charge < -0.3 is 13.9 Å². The summed E-state index contributed by atoms with van der Waals surface area (Å²) in [5, 5.41) is 8.41. The van der Waals surface area contributed by atoms with Gasteiger partial charge in [-0.15, -0.1) is 21.5 Å². The van der Waals surface area contributed by atoms with Gasteiger partial charge in [-0.2, -0.15) is 0 Å². The first-order valence-electron chi connectivity index (χ1n) is 7.57. The van der Waals surface area contributed by atoms with E-state index in [0.29, 0.717) is 22.6 Å². The molecule has 3 heterocycles. The Bertz CT molecular complexity index is 948. The number of carbonyl (C=O) groups is 1. The standard InChI is InChI=1S/C17H14N2O4S2/c1-9-5-12(10(2)25-9)13(20)7-24-17-19-18-16(23-17)11-3-4-14-15(6-11)22-8-21-14/h3-6H,7-8H2,1-2H3. The normalized spacial score (nSPS) is 12.6. The van der Waals surface area contributed by atoms with Crippen molar-refractivity contribution in [1.82, 2.24) is 10.2 Å². The molecule has 2 aromatic heterocycles. The van der Waals surface area contributed by atoms with E-state index in [4.69, 9.17) is 13.9 Å². The molecule has 6 nitrogen and oxygen atoms in total. The van der Waals surface area contributed by atoms with Crippen LogP contribution in [0.15, 0.2) is 33.9 Å². The van der Waals surface area contributed by atoms with Crippen molar-refractivity contribution in [1.29, 1.82) is 0 Å². The Morgan fingerprint density at radius 2 is 2.04 bits per heavy atom. The lowest BCUT2D eigenvalue weighted by molar-refractivity contribution is 0.102. The van der Waals surface area contributed by atoms with Gasteiger partial charge in [-0.05, 0) is 38.1 Å². The highest BCUT2D eigenvalue weighted by atomic mass is 32.2. The average Bonchev–Trinajstić information content (AvgIpc) is 3.31. The van der Waals surface area contributed by atoms with E-state index in [2.05, 4.69) is 10.2 Å². The first-order valence-corrected chi connectivity index (χ1v) is 9.37. The van der Waals surface area contributed by atoms with E-state index >= 15 is 0 Å². The van der Waals surface area contributed by atoms with Crippen LogP contribution in [-0.4, -0.2) is 28.5 Å². The third kappa shape index (κ3) is 3.27. The molecule has 0 aliphatic carbocycles. The van der Waals surface area contributed by atoms with Gasteiger partial charge in [0.25, 0.3) is 5.22 Å². The number of carbonyl (C=O) groups excluding carboxylic acids is 1. The van der Waals surface area contributed by atoms with E-state index in [1.165, 1.54) is 11.8 Å². The van der Waals surface area contributed by atoms with Crippen LogP contribution in [0.5, 0.6) is 11.5 Å². The molecule has 0 amide bonds. The quantitative estimate of drug-likeness (QED) is 0.491. The third-order valence-corrected chi connectivity index (χ3v) is 5.48. The number of hydrogen-bond donors (Lipinski definition) is 0. The zero-order valence-corrected chi connectivity index (χ0v) is 15.2. The van der Waals surface area contributed by atoms with Crippen LogP contribution in [-0.2, 0) is 0 Å². The van der Waals surface area contributed by atoms with Gasteiger partial charge >= 0.3 is 0 Å². The lowest BCUT2D eigenvalue weighted by Crippen LogP contribution is -2.02. The highest BCUT2D eigenvalue weighted by Crippen LogP contribution is 2.36. The second kappa shape index (κ2) is 6.53. The van der Waals surface area contributed by atoms with E-state index < -0.39 is 0 Å². The van der Waals surface area contributed by atoms with Crippen LogP contribution < -0.4 is 9.47 Å². The number of aryl methyl sites for hydroxylation is 2. The van der Waals surface area contributed by atoms with E-state index in [1.807, 2.05) is 26.0 Å². The summed E-state index contributed by atoms with van der Waals surface area (Å²) in [7, 11) is 0. The van der Waals surface area contributed by atoms with Crippen LogP contribution in [0.4, 0.5) is 0 Å². The average molecular weight is 374 g/mol. The number of Topliss-reactive ketones (excluding diaryl/α,β-unsaturated/α-hetero) is 1. The molecule has 0 N–H and O–H groups in total. The molecule has 1 aliphatic rings. The summed E-state index contributed by atoms with van der Waals surface area (Å²) in [4.78, 5) is 14.5. The first-order chi connectivity index (χ1) is 12.1. The van der Waals surface area contributed by atoms with E-state index in [1.54, 1.807) is 23.5 Å². The fraction of sp³-hybridized carbons (Fsp3) is 0.235. The summed E-state index contributed by atoms with van der Waals surface area (Å²) in [6.45, 7) is 4.17. The predicted molar refractivity (Wildman–Crippen MR) is 94.7 cm³/mol. The molecule has 0 unspecified atom stereocenters. The van der Waals surface area contributed by atoms with Gasteiger partial charge in [0, 0.05) is 20.9 Å². The molecule has 0 saturated heterocycles. The van der Waals surface area contributed by atoms with Gasteiger partial charge in [0.15, 0.2) is 17.3 Å². The van der Waals surface area contributed by atoms with Crippen LogP contribution in [0, 0.1) is 13.8 Å². The molecule has 8 heteroatoms. The summed E-state index contributed by atoms with van der Waals surface area (Å²) in [5.74, 6) is 2.07. The Morgan fingerprint density at radius 3 is 2.84 bits per heavy atom. The van der Waals surface area contributed by atoms with Gasteiger partial charge in [-0.3, -0.25) is 4.79 Å². The maximum absolute atomic E-state index is 12.3. The smallest absolute Gasteiger partial charge is 0.277 e. The van der Waals surface area contributed by atoms with Crippen LogP contribution in [0.2, 0.25) is 0 Å². The van der Waals surface area contributed by atoms with Gasteiger partial charge in [-0.1, -0.05) is 11.8 Å². The van der Waals surface area contributed by atoms with Crippen LogP contribution in [0.1, 0.15) is 20.1 Å². The van der Waals surface area contributed by atoms with Gasteiger partial charge in [-0.25, -0.2) is 0 Å². The number of thioether (sulfide) groups is 1. The number of rotatable bonds is 5. The summed E-state index contributed by atoms with van der Waals surface area (Å²) < 4.78 is 16.3. The number of aromatic nitrogens is 2. The molecule has 0 spiro atoms. The zero-order chi connectivity index (χ0) is 17.4. The Balaban J connectivity index is 1.45. The number of fused-ring (bicyclic) bond motifs is 1. The van der Waals surface area contributed by atoms with E-state index in [-0.39, 0.29) is 18.3 Å². The molecular formula is C17H14N2O4S2. The monoisotopic (exact) mass is 374 g/mol. The van der Waals surface area contributed by atoms with E-state index in [9.17, 15) is 4.79 Å². The number of ether oxygens (including phenoxy) is 2. The molecule has 0 fully saturated rings. The maximum atomic E-state index is 12.3. The third-order valence-electron chi connectivity index (χ3n) is 3.69. The minimum atomic E-state index is 0.0645. The summed E-state index contributed by atoms with van der Waals surface area (Å²) in [5.41, 5.74) is 1.52. The molecule has 4 rings (SSSR count). The predicted octanol–water partition coefficient (Wildman–Crippen LogP) is 4.12. The van der Waals surface area contributed by atoms with Crippen molar-refractivity contribution in [2.75, 3.05) is 12.5 Å². The minimum absolute atomic E-state index is 0.0645. The lowest BCUT2D eigenvalue weighted by atomic mass is 10.2. The van der Waals surface area contributed by atoms with Gasteiger partial charge in [0.2, 0.25) is 12.7 Å². The van der Waals surface area contributed by atoms with Crippen molar-refractivity contribution >= 4 is 28.9 Å². The highest BCUT2D eigenvalue weighted by molar-refractivity contribution is 7.99. The molecular weight excluding hydrogens is 360 g/mol. The SMILES string of the molecule is Cc1cc(C(=O)CSc2nnc(-c3ccc4c(c3)OCO4)o2)c(C)s1. The number of benzene rings is 1. The molecule has 1 aromatic carbocycles. The van der Waals surface area contributed by atoms with Crippen molar-refractivity contribution in [3.63, 3.8) is 0 Å². The summed E-state index contributed by atoms with van der Waals surface area (Å²) in [6.07, 6.45) is 0. The van der Waals surface area contributed by atoms with Crippen molar-refractivity contribution in [2.24, 2.45) is 0 Å². The Morgan fingerprint density at radius 1 is 1.20 bits per heavy atom. The zero-order valence-electron chi connectivity index (χ0n) is 13.6. The van der Waals surface area contributed by atoms with Crippen molar-refractivity contribution in [3.8, 4) is 23.0 Å². The molecule has 3 aromatic rings. The van der Waals surface area contributed by atoms with E-state index in [0.717, 1.165) is 20.9 Å². The molecule has 25 heavy (non-hydrogen) atoms. The largest absolute Gasteiger partial charge is 0.454 e. The fourth-order valence-corrected chi connectivity index (χ4v) is 4.12. The Labute approximate surface area is 152 Å². The Hall–Kier alpha value is -2.32. The number of ketones is 1. The second-order valence-corrected chi connectivity index (χ2v) is 7.87. The topological polar surface area (TPSA) is 74.5 Å². The fourth-order valence-electron chi connectivity index (χ4n) is 2.53. The molecule has 0 saturated carbocycles. The number of nitrogens with zero attached hydrogens (tertiary/aromatic N) is 2. The van der Waals surface area contributed by atoms with Crippen molar-refractivity contribution in [3.05, 3.63) is 39.6 Å². The van der Waals surface area contributed by atoms with Crippen LogP contribution in [0.25, 0.3) is 11.5 Å². The summed E-state index contributed by atoms with van der Waals surface area (Å²) in [6, 6.07) is 7.36. The maximum Gasteiger partial charge on any atom is 0.277 e. The lowest BCUT2D eigenvalue weighted by Gasteiger charge is -1.98.